The van der Waals surface area contributed by atoms with Crippen LogP contribution in [-0.2, 0) is 0 Å². The topological polar surface area (TPSA) is 49.3 Å². The molecular formula is C14H11BrClNO2. The van der Waals surface area contributed by atoms with Gasteiger partial charge in [0.05, 0.1) is 10.6 Å². The summed E-state index contributed by atoms with van der Waals surface area (Å²) < 4.78 is 0.662. The van der Waals surface area contributed by atoms with Gasteiger partial charge >= 0.3 is 0 Å². The van der Waals surface area contributed by atoms with Crippen LogP contribution in [0.4, 0.5) is 5.69 Å². The number of halogens is 2. The zero-order valence-corrected chi connectivity index (χ0v) is 12.4. The summed E-state index contributed by atoms with van der Waals surface area (Å²) in [6.07, 6.45) is 0. The summed E-state index contributed by atoms with van der Waals surface area (Å²) in [6.45, 7) is 1.73. The lowest BCUT2D eigenvalue weighted by Crippen LogP contribution is -2.13. The number of benzene rings is 2. The molecule has 0 heterocycles. The van der Waals surface area contributed by atoms with Crippen molar-refractivity contribution in [3.63, 3.8) is 0 Å². The van der Waals surface area contributed by atoms with E-state index < -0.39 is 0 Å². The molecule has 0 bridgehead atoms. The minimum absolute atomic E-state index is 0.137. The molecule has 0 unspecified atom stereocenters. The molecule has 1 amide bonds. The zero-order chi connectivity index (χ0) is 14.0. The number of amides is 1. The van der Waals surface area contributed by atoms with Crippen molar-refractivity contribution >= 4 is 39.1 Å². The van der Waals surface area contributed by atoms with E-state index in [4.69, 9.17) is 11.6 Å². The van der Waals surface area contributed by atoms with E-state index in [1.807, 2.05) is 0 Å². The smallest absolute Gasteiger partial charge is 0.257 e. The standard InChI is InChI=1S/C14H11BrClNO2/c1-8-11(6-3-7-12(8)18)17-14(19)9-4-2-5-10(15)13(9)16/h2-7,18H,1H3,(H,17,19). The summed E-state index contributed by atoms with van der Waals surface area (Å²) in [5.41, 5.74) is 1.54. The van der Waals surface area contributed by atoms with E-state index in [1.165, 1.54) is 0 Å². The predicted octanol–water partition coefficient (Wildman–Crippen LogP) is 4.37. The van der Waals surface area contributed by atoms with Crippen molar-refractivity contribution in [1.82, 2.24) is 0 Å². The molecule has 0 aliphatic rings. The Hall–Kier alpha value is -1.52. The summed E-state index contributed by atoms with van der Waals surface area (Å²) in [5, 5.41) is 12.7. The molecule has 0 spiro atoms. The Morgan fingerprint density at radius 3 is 2.68 bits per heavy atom. The van der Waals surface area contributed by atoms with Crippen LogP contribution in [0.5, 0.6) is 5.75 Å². The Morgan fingerprint density at radius 2 is 1.95 bits per heavy atom. The van der Waals surface area contributed by atoms with E-state index >= 15 is 0 Å². The average molecular weight is 341 g/mol. The SMILES string of the molecule is Cc1c(O)cccc1NC(=O)c1cccc(Br)c1Cl. The van der Waals surface area contributed by atoms with Gasteiger partial charge in [0.1, 0.15) is 5.75 Å². The van der Waals surface area contributed by atoms with Gasteiger partial charge in [-0.3, -0.25) is 4.79 Å². The third kappa shape index (κ3) is 2.91. The number of aromatic hydroxyl groups is 1. The van der Waals surface area contributed by atoms with E-state index in [0.29, 0.717) is 26.3 Å². The highest BCUT2D eigenvalue weighted by molar-refractivity contribution is 9.10. The number of phenols is 1. The van der Waals surface area contributed by atoms with Crippen LogP contribution in [-0.4, -0.2) is 11.0 Å². The maximum absolute atomic E-state index is 12.2. The molecule has 0 aliphatic heterocycles. The summed E-state index contributed by atoms with van der Waals surface area (Å²) in [7, 11) is 0. The van der Waals surface area contributed by atoms with Gasteiger partial charge in [0, 0.05) is 15.7 Å². The minimum Gasteiger partial charge on any atom is -0.508 e. The number of anilines is 1. The van der Waals surface area contributed by atoms with Gasteiger partial charge in [-0.2, -0.15) is 0 Å². The molecular weight excluding hydrogens is 330 g/mol. The lowest BCUT2D eigenvalue weighted by Gasteiger charge is -2.10. The van der Waals surface area contributed by atoms with E-state index in [0.717, 1.165) is 0 Å². The van der Waals surface area contributed by atoms with Gasteiger partial charge in [0.15, 0.2) is 0 Å². The molecule has 98 valence electrons. The summed E-state index contributed by atoms with van der Waals surface area (Å²) in [5.74, 6) is -0.182. The molecule has 0 radical (unpaired) electrons. The third-order valence-electron chi connectivity index (χ3n) is 2.75. The molecule has 0 atom stereocenters. The second-order valence-corrected chi connectivity index (χ2v) is 5.24. The molecule has 0 aromatic heterocycles. The molecule has 3 nitrogen and oxygen atoms in total. The van der Waals surface area contributed by atoms with Crippen LogP contribution in [0.1, 0.15) is 15.9 Å². The van der Waals surface area contributed by atoms with Gasteiger partial charge in [0.25, 0.3) is 5.91 Å². The first-order valence-electron chi connectivity index (χ1n) is 5.54. The van der Waals surface area contributed by atoms with E-state index in [-0.39, 0.29) is 11.7 Å². The lowest BCUT2D eigenvalue weighted by molar-refractivity contribution is 0.102. The molecule has 2 N–H and O–H groups in total. The summed E-state index contributed by atoms with van der Waals surface area (Å²) >= 11 is 9.34. The van der Waals surface area contributed by atoms with Gasteiger partial charge in [-0.15, -0.1) is 0 Å². The van der Waals surface area contributed by atoms with Crippen LogP contribution < -0.4 is 5.32 Å². The Balaban J connectivity index is 2.31. The van der Waals surface area contributed by atoms with Crippen LogP contribution in [0.3, 0.4) is 0 Å². The van der Waals surface area contributed by atoms with Gasteiger partial charge in [-0.05, 0) is 47.1 Å². The van der Waals surface area contributed by atoms with Crippen molar-refractivity contribution in [3.05, 3.63) is 57.0 Å². The van der Waals surface area contributed by atoms with Crippen molar-refractivity contribution in [2.24, 2.45) is 0 Å². The average Bonchev–Trinajstić information content (AvgIpc) is 2.38. The fourth-order valence-electron chi connectivity index (χ4n) is 1.63. The van der Waals surface area contributed by atoms with Crippen LogP contribution in [0, 0.1) is 6.92 Å². The molecule has 2 aromatic rings. The maximum Gasteiger partial charge on any atom is 0.257 e. The summed E-state index contributed by atoms with van der Waals surface area (Å²) in [6, 6.07) is 10.1. The number of phenolic OH excluding ortho intramolecular Hbond substituents is 1. The van der Waals surface area contributed by atoms with Crippen molar-refractivity contribution in [1.29, 1.82) is 0 Å². The molecule has 0 aliphatic carbocycles. The van der Waals surface area contributed by atoms with Crippen molar-refractivity contribution in [2.45, 2.75) is 6.92 Å². The summed E-state index contributed by atoms with van der Waals surface area (Å²) in [4.78, 5) is 12.2. The minimum atomic E-state index is -0.319. The second kappa shape index (κ2) is 5.63. The first-order valence-corrected chi connectivity index (χ1v) is 6.71. The molecule has 0 saturated heterocycles. The predicted molar refractivity (Wildman–Crippen MR) is 79.9 cm³/mol. The zero-order valence-electron chi connectivity index (χ0n) is 10.1. The third-order valence-corrected chi connectivity index (χ3v) is 4.05. The maximum atomic E-state index is 12.2. The highest BCUT2D eigenvalue weighted by atomic mass is 79.9. The van der Waals surface area contributed by atoms with Crippen LogP contribution in [0.25, 0.3) is 0 Å². The molecule has 19 heavy (non-hydrogen) atoms. The molecule has 2 aromatic carbocycles. The van der Waals surface area contributed by atoms with E-state index in [9.17, 15) is 9.90 Å². The fourth-order valence-corrected chi connectivity index (χ4v) is 2.21. The van der Waals surface area contributed by atoms with Crippen LogP contribution in [0.15, 0.2) is 40.9 Å². The van der Waals surface area contributed by atoms with Crippen molar-refractivity contribution < 1.29 is 9.90 Å². The normalized spacial score (nSPS) is 10.3. The largest absolute Gasteiger partial charge is 0.508 e. The van der Waals surface area contributed by atoms with E-state index in [1.54, 1.807) is 43.3 Å². The Kier molecular flexibility index (Phi) is 4.12. The first kappa shape index (κ1) is 13.9. The number of carbonyl (C=O) groups is 1. The lowest BCUT2D eigenvalue weighted by atomic mass is 10.1. The Bertz CT molecular complexity index is 643. The number of rotatable bonds is 2. The van der Waals surface area contributed by atoms with E-state index in [2.05, 4.69) is 21.2 Å². The molecule has 2 rings (SSSR count). The number of hydrogen-bond donors (Lipinski definition) is 2. The Morgan fingerprint density at radius 1 is 1.26 bits per heavy atom. The van der Waals surface area contributed by atoms with Crippen molar-refractivity contribution in [2.75, 3.05) is 5.32 Å². The van der Waals surface area contributed by atoms with Gasteiger partial charge in [0.2, 0.25) is 0 Å². The molecule has 5 heteroatoms. The highest BCUT2D eigenvalue weighted by Gasteiger charge is 2.14. The number of nitrogens with one attached hydrogen (secondary N) is 1. The monoisotopic (exact) mass is 339 g/mol. The first-order chi connectivity index (χ1) is 9.00. The van der Waals surface area contributed by atoms with Crippen LogP contribution in [0.2, 0.25) is 5.02 Å². The molecule has 0 saturated carbocycles. The highest BCUT2D eigenvalue weighted by Crippen LogP contribution is 2.28. The number of hydrogen-bond acceptors (Lipinski definition) is 2. The quantitative estimate of drug-likeness (QED) is 0.853. The second-order valence-electron chi connectivity index (χ2n) is 4.01. The fraction of sp³-hybridized carbons (Fsp3) is 0.0714. The van der Waals surface area contributed by atoms with Crippen LogP contribution >= 0.6 is 27.5 Å². The molecule has 0 fully saturated rings. The Labute approximate surface area is 124 Å². The van der Waals surface area contributed by atoms with Gasteiger partial charge in [-0.1, -0.05) is 23.7 Å². The van der Waals surface area contributed by atoms with Gasteiger partial charge in [-0.25, -0.2) is 0 Å². The van der Waals surface area contributed by atoms with Crippen molar-refractivity contribution in [3.8, 4) is 5.75 Å². The van der Waals surface area contributed by atoms with Gasteiger partial charge < -0.3 is 10.4 Å². The number of carbonyl (C=O) groups excluding carboxylic acids is 1.